The number of hydrogen-bond donors (Lipinski definition) is 1. The summed E-state index contributed by atoms with van der Waals surface area (Å²) in [5, 5.41) is 1.50. The monoisotopic (exact) mass is 320 g/mol. The van der Waals surface area contributed by atoms with Crippen molar-refractivity contribution in [3.8, 4) is 5.75 Å². The number of piperidine rings is 1. The van der Waals surface area contributed by atoms with Gasteiger partial charge < -0.3 is 10.5 Å². The Hall–Kier alpha value is -1.63. The molecule has 0 radical (unpaired) electrons. The molecule has 1 fully saturated rings. The Bertz CT molecular complexity index is 781. The van der Waals surface area contributed by atoms with Gasteiger partial charge in [-0.05, 0) is 25.0 Å². The third-order valence-corrected chi connectivity index (χ3v) is 6.14. The van der Waals surface area contributed by atoms with Gasteiger partial charge in [0.1, 0.15) is 5.75 Å². The Morgan fingerprint density at radius 2 is 1.73 bits per heavy atom. The molecule has 0 unspecified atom stereocenters. The van der Waals surface area contributed by atoms with Gasteiger partial charge in [0.15, 0.2) is 0 Å². The summed E-state index contributed by atoms with van der Waals surface area (Å²) in [6.07, 6.45) is 1.40. The third-order valence-electron chi connectivity index (χ3n) is 4.18. The van der Waals surface area contributed by atoms with Gasteiger partial charge in [-0.25, -0.2) is 8.42 Å². The minimum absolute atomic E-state index is 0.0964. The van der Waals surface area contributed by atoms with E-state index in [0.29, 0.717) is 42.0 Å². The van der Waals surface area contributed by atoms with Crippen LogP contribution in [0.4, 0.5) is 0 Å². The highest BCUT2D eigenvalue weighted by atomic mass is 32.2. The molecule has 0 aliphatic carbocycles. The van der Waals surface area contributed by atoms with Crippen LogP contribution in [-0.4, -0.2) is 39.0 Å². The van der Waals surface area contributed by atoms with Gasteiger partial charge in [0.25, 0.3) is 0 Å². The van der Waals surface area contributed by atoms with Crippen molar-refractivity contribution in [3.63, 3.8) is 0 Å². The summed E-state index contributed by atoms with van der Waals surface area (Å²) in [7, 11) is -1.93. The molecule has 0 atom stereocenters. The van der Waals surface area contributed by atoms with Crippen molar-refractivity contribution in [2.45, 2.75) is 23.8 Å². The highest BCUT2D eigenvalue weighted by Crippen LogP contribution is 2.32. The van der Waals surface area contributed by atoms with Crippen LogP contribution in [0.1, 0.15) is 12.8 Å². The van der Waals surface area contributed by atoms with Crippen molar-refractivity contribution >= 4 is 20.8 Å². The number of benzene rings is 2. The Kier molecular flexibility index (Phi) is 4.08. The summed E-state index contributed by atoms with van der Waals surface area (Å²) in [4.78, 5) is 0.333. The summed E-state index contributed by atoms with van der Waals surface area (Å²) < 4.78 is 32.8. The Morgan fingerprint density at radius 3 is 2.36 bits per heavy atom. The second kappa shape index (κ2) is 5.87. The number of methoxy groups -OCH3 is 1. The summed E-state index contributed by atoms with van der Waals surface area (Å²) in [5.41, 5.74) is 5.87. The molecule has 1 saturated heterocycles. The molecule has 5 nitrogen and oxygen atoms in total. The number of fused-ring (bicyclic) bond motifs is 1. The standard InChI is InChI=1S/C16H20N2O3S/c1-21-15-6-7-16(14-5-3-2-4-13(14)15)22(19,20)18-10-8-12(17)9-11-18/h2-7,12H,8-11,17H2,1H3. The van der Waals surface area contributed by atoms with Crippen molar-refractivity contribution in [1.82, 2.24) is 4.31 Å². The first-order chi connectivity index (χ1) is 10.5. The molecule has 0 aromatic heterocycles. The first-order valence-electron chi connectivity index (χ1n) is 7.35. The van der Waals surface area contributed by atoms with Crippen molar-refractivity contribution < 1.29 is 13.2 Å². The average Bonchev–Trinajstić information content (AvgIpc) is 2.54. The van der Waals surface area contributed by atoms with Gasteiger partial charge in [0.05, 0.1) is 12.0 Å². The van der Waals surface area contributed by atoms with Gasteiger partial charge in [-0.2, -0.15) is 4.31 Å². The maximum Gasteiger partial charge on any atom is 0.243 e. The lowest BCUT2D eigenvalue weighted by Gasteiger charge is -2.29. The van der Waals surface area contributed by atoms with Crippen LogP contribution in [0.15, 0.2) is 41.3 Å². The molecular formula is C16H20N2O3S. The second-order valence-electron chi connectivity index (χ2n) is 5.55. The smallest absolute Gasteiger partial charge is 0.243 e. The SMILES string of the molecule is COc1ccc(S(=O)(=O)N2CCC(N)CC2)c2ccccc12. The molecule has 0 saturated carbocycles. The van der Waals surface area contributed by atoms with E-state index >= 15 is 0 Å². The quantitative estimate of drug-likeness (QED) is 0.938. The molecular weight excluding hydrogens is 300 g/mol. The fourth-order valence-corrected chi connectivity index (χ4v) is 4.57. The molecule has 118 valence electrons. The summed E-state index contributed by atoms with van der Waals surface area (Å²) >= 11 is 0. The lowest BCUT2D eigenvalue weighted by Crippen LogP contribution is -2.42. The highest BCUT2D eigenvalue weighted by Gasteiger charge is 2.29. The van der Waals surface area contributed by atoms with Crippen LogP contribution in [0.25, 0.3) is 10.8 Å². The molecule has 1 aliphatic heterocycles. The van der Waals surface area contributed by atoms with Crippen molar-refractivity contribution in [3.05, 3.63) is 36.4 Å². The third kappa shape index (κ3) is 2.58. The van der Waals surface area contributed by atoms with Crippen LogP contribution in [0, 0.1) is 0 Å². The first-order valence-corrected chi connectivity index (χ1v) is 8.79. The Morgan fingerprint density at radius 1 is 1.09 bits per heavy atom. The molecule has 1 aliphatic rings. The van der Waals surface area contributed by atoms with Gasteiger partial charge in [-0.3, -0.25) is 0 Å². The van der Waals surface area contributed by atoms with Crippen molar-refractivity contribution in [1.29, 1.82) is 0 Å². The molecule has 3 rings (SSSR count). The summed E-state index contributed by atoms with van der Waals surface area (Å²) in [6.45, 7) is 0.952. The molecule has 22 heavy (non-hydrogen) atoms. The molecule has 6 heteroatoms. The van der Waals surface area contributed by atoms with Crippen LogP contribution < -0.4 is 10.5 Å². The van der Waals surface area contributed by atoms with Gasteiger partial charge >= 0.3 is 0 Å². The number of nitrogens with two attached hydrogens (primary N) is 1. The van der Waals surface area contributed by atoms with Gasteiger partial charge in [-0.1, -0.05) is 24.3 Å². The normalized spacial score (nSPS) is 17.7. The second-order valence-corrected chi connectivity index (χ2v) is 7.46. The largest absolute Gasteiger partial charge is 0.496 e. The zero-order valence-corrected chi connectivity index (χ0v) is 13.3. The topological polar surface area (TPSA) is 72.6 Å². The zero-order chi connectivity index (χ0) is 15.7. The van der Waals surface area contributed by atoms with Crippen molar-refractivity contribution in [2.24, 2.45) is 5.73 Å². The van der Waals surface area contributed by atoms with E-state index in [-0.39, 0.29) is 6.04 Å². The van der Waals surface area contributed by atoms with Crippen LogP contribution in [0.5, 0.6) is 5.75 Å². The zero-order valence-electron chi connectivity index (χ0n) is 12.5. The van der Waals surface area contributed by atoms with Gasteiger partial charge in [0.2, 0.25) is 10.0 Å². The maximum absolute atomic E-state index is 13.0. The van der Waals surface area contributed by atoms with E-state index in [9.17, 15) is 8.42 Å². The van der Waals surface area contributed by atoms with E-state index in [1.165, 1.54) is 4.31 Å². The molecule has 2 N–H and O–H groups in total. The first kappa shape index (κ1) is 15.3. The van der Waals surface area contributed by atoms with E-state index < -0.39 is 10.0 Å². The van der Waals surface area contributed by atoms with Crippen LogP contribution in [0.3, 0.4) is 0 Å². The lowest BCUT2D eigenvalue weighted by molar-refractivity contribution is 0.320. The molecule has 2 aromatic carbocycles. The number of sulfonamides is 1. The van der Waals surface area contributed by atoms with Crippen LogP contribution >= 0.6 is 0 Å². The van der Waals surface area contributed by atoms with E-state index in [1.54, 1.807) is 19.2 Å². The molecule has 0 spiro atoms. The molecule has 1 heterocycles. The van der Waals surface area contributed by atoms with E-state index in [1.807, 2.05) is 24.3 Å². The predicted molar refractivity (Wildman–Crippen MR) is 86.5 cm³/mol. The van der Waals surface area contributed by atoms with Crippen LogP contribution in [-0.2, 0) is 10.0 Å². The Balaban J connectivity index is 2.10. The minimum Gasteiger partial charge on any atom is -0.496 e. The molecule has 2 aromatic rings. The molecule has 0 amide bonds. The predicted octanol–water partition coefficient (Wildman–Crippen LogP) is 1.96. The van der Waals surface area contributed by atoms with E-state index in [4.69, 9.17) is 10.5 Å². The average molecular weight is 320 g/mol. The fourth-order valence-electron chi connectivity index (χ4n) is 2.90. The maximum atomic E-state index is 13.0. The van der Waals surface area contributed by atoms with E-state index in [0.717, 1.165) is 5.39 Å². The minimum atomic E-state index is -3.51. The van der Waals surface area contributed by atoms with Crippen molar-refractivity contribution in [2.75, 3.05) is 20.2 Å². The summed E-state index contributed by atoms with van der Waals surface area (Å²) in [5.74, 6) is 0.676. The summed E-state index contributed by atoms with van der Waals surface area (Å²) in [6, 6.07) is 10.9. The fraction of sp³-hybridized carbons (Fsp3) is 0.375. The number of hydrogen-bond acceptors (Lipinski definition) is 4. The Labute approximate surface area is 130 Å². The highest BCUT2D eigenvalue weighted by molar-refractivity contribution is 7.89. The molecule has 0 bridgehead atoms. The lowest BCUT2D eigenvalue weighted by atomic mass is 10.1. The number of ether oxygens (including phenoxy) is 1. The van der Waals surface area contributed by atoms with Gasteiger partial charge in [0, 0.05) is 29.9 Å². The van der Waals surface area contributed by atoms with Crippen LogP contribution in [0.2, 0.25) is 0 Å². The van der Waals surface area contributed by atoms with Gasteiger partial charge in [-0.15, -0.1) is 0 Å². The number of nitrogens with zero attached hydrogens (tertiary/aromatic N) is 1. The number of rotatable bonds is 3. The van der Waals surface area contributed by atoms with E-state index in [2.05, 4.69) is 0 Å².